The summed E-state index contributed by atoms with van der Waals surface area (Å²) in [6.07, 6.45) is 1.34. The molecule has 4 rings (SSSR count). The molecule has 1 aliphatic rings. The maximum atomic E-state index is 12.9. The average molecular weight is 415 g/mol. The van der Waals surface area contributed by atoms with Gasteiger partial charge in [-0.2, -0.15) is 0 Å². The molecule has 6 heteroatoms. The van der Waals surface area contributed by atoms with Crippen LogP contribution in [-0.2, 0) is 4.79 Å². The number of urea groups is 1. The normalized spacial score (nSPS) is 13.4. The molecule has 158 valence electrons. The van der Waals surface area contributed by atoms with Crippen LogP contribution >= 0.6 is 0 Å². The van der Waals surface area contributed by atoms with Gasteiger partial charge in [0.05, 0.1) is 18.8 Å². The van der Waals surface area contributed by atoms with Crippen molar-refractivity contribution in [2.24, 2.45) is 0 Å². The summed E-state index contributed by atoms with van der Waals surface area (Å²) in [4.78, 5) is 26.8. The molecule has 1 heterocycles. The smallest absolute Gasteiger partial charge is 0.319 e. The summed E-state index contributed by atoms with van der Waals surface area (Å²) in [5.74, 6) is 0.667. The lowest BCUT2D eigenvalue weighted by molar-refractivity contribution is -0.117. The van der Waals surface area contributed by atoms with Crippen LogP contribution in [0.25, 0.3) is 0 Å². The molecular formula is C25H25N3O3. The van der Waals surface area contributed by atoms with Gasteiger partial charge in [-0.25, -0.2) is 4.79 Å². The van der Waals surface area contributed by atoms with Crippen LogP contribution in [0.1, 0.15) is 30.0 Å². The number of amides is 3. The van der Waals surface area contributed by atoms with Crippen LogP contribution in [0.15, 0.2) is 78.9 Å². The highest BCUT2D eigenvalue weighted by molar-refractivity contribution is 5.98. The summed E-state index contributed by atoms with van der Waals surface area (Å²) in [5, 5.41) is 5.96. The van der Waals surface area contributed by atoms with Gasteiger partial charge in [-0.15, -0.1) is 0 Å². The summed E-state index contributed by atoms with van der Waals surface area (Å²) >= 11 is 0. The number of hydrogen-bond acceptors (Lipinski definition) is 3. The van der Waals surface area contributed by atoms with Crippen LogP contribution in [0.4, 0.5) is 16.2 Å². The molecule has 0 radical (unpaired) electrons. The first-order valence-electron chi connectivity index (χ1n) is 10.3. The van der Waals surface area contributed by atoms with E-state index in [1.54, 1.807) is 30.2 Å². The van der Waals surface area contributed by atoms with Gasteiger partial charge in [0.2, 0.25) is 5.91 Å². The van der Waals surface area contributed by atoms with Crippen molar-refractivity contribution in [2.45, 2.75) is 18.9 Å². The first kappa shape index (κ1) is 20.5. The molecule has 0 bridgehead atoms. The van der Waals surface area contributed by atoms with E-state index < -0.39 is 0 Å². The topological polar surface area (TPSA) is 70.7 Å². The van der Waals surface area contributed by atoms with Crippen molar-refractivity contribution in [3.05, 3.63) is 90.0 Å². The van der Waals surface area contributed by atoms with Crippen molar-refractivity contribution in [3.8, 4) is 5.75 Å². The Labute approximate surface area is 181 Å². The third-order valence-electron chi connectivity index (χ3n) is 5.34. The number of nitrogens with zero attached hydrogens (tertiary/aromatic N) is 1. The molecule has 1 fully saturated rings. The van der Waals surface area contributed by atoms with Gasteiger partial charge >= 0.3 is 6.03 Å². The van der Waals surface area contributed by atoms with Gasteiger partial charge in [-0.1, -0.05) is 60.7 Å². The molecule has 31 heavy (non-hydrogen) atoms. The van der Waals surface area contributed by atoms with E-state index in [0.717, 1.165) is 17.5 Å². The third kappa shape index (κ3) is 4.69. The van der Waals surface area contributed by atoms with Crippen LogP contribution in [0.2, 0.25) is 0 Å². The van der Waals surface area contributed by atoms with E-state index in [1.165, 1.54) is 0 Å². The molecule has 3 aromatic rings. The van der Waals surface area contributed by atoms with E-state index in [-0.39, 0.29) is 18.0 Å². The lowest BCUT2D eigenvalue weighted by Gasteiger charge is -2.22. The number of nitrogens with one attached hydrogen (secondary N) is 2. The summed E-state index contributed by atoms with van der Waals surface area (Å²) in [6, 6.07) is 24.3. The number of anilines is 2. The molecule has 1 aliphatic heterocycles. The summed E-state index contributed by atoms with van der Waals surface area (Å²) in [7, 11) is 1.57. The molecule has 6 nitrogen and oxygen atoms in total. The Kier molecular flexibility index (Phi) is 6.17. The van der Waals surface area contributed by atoms with Crippen LogP contribution < -0.4 is 20.3 Å². The molecule has 2 N–H and O–H groups in total. The molecule has 0 spiro atoms. The highest BCUT2D eigenvalue weighted by atomic mass is 16.5. The second kappa shape index (κ2) is 9.34. The minimum Gasteiger partial charge on any atom is -0.495 e. The van der Waals surface area contributed by atoms with Crippen LogP contribution in [0, 0.1) is 0 Å². The molecule has 3 aromatic carbocycles. The van der Waals surface area contributed by atoms with Gasteiger partial charge < -0.3 is 20.3 Å². The molecule has 0 aromatic heterocycles. The van der Waals surface area contributed by atoms with Crippen molar-refractivity contribution < 1.29 is 14.3 Å². The van der Waals surface area contributed by atoms with Gasteiger partial charge in [0.25, 0.3) is 0 Å². The monoisotopic (exact) mass is 415 g/mol. The fraction of sp³-hybridized carbons (Fsp3) is 0.200. The van der Waals surface area contributed by atoms with Crippen LogP contribution in [0.5, 0.6) is 5.75 Å². The maximum Gasteiger partial charge on any atom is 0.319 e. The summed E-state index contributed by atoms with van der Waals surface area (Å²) < 4.78 is 5.42. The van der Waals surface area contributed by atoms with Crippen molar-refractivity contribution in [2.75, 3.05) is 23.9 Å². The van der Waals surface area contributed by atoms with Gasteiger partial charge in [-0.3, -0.25) is 4.79 Å². The maximum absolute atomic E-state index is 12.9. The zero-order valence-electron chi connectivity index (χ0n) is 17.4. The first-order chi connectivity index (χ1) is 15.2. The zero-order chi connectivity index (χ0) is 21.6. The molecule has 0 unspecified atom stereocenters. The highest BCUT2D eigenvalue weighted by Gasteiger charge is 2.25. The van der Waals surface area contributed by atoms with Crippen molar-refractivity contribution in [1.82, 2.24) is 5.32 Å². The SMILES string of the molecule is COc1ccc(NC(=O)NC(c2ccccc2)c2ccccc2)cc1N1CCCC1=O. The fourth-order valence-corrected chi connectivity index (χ4v) is 3.83. The van der Waals surface area contributed by atoms with Gasteiger partial charge in [-0.05, 0) is 35.7 Å². The minimum atomic E-state index is -0.332. The molecule has 1 saturated heterocycles. The Balaban J connectivity index is 1.55. The van der Waals surface area contributed by atoms with Crippen LogP contribution in [0.3, 0.4) is 0 Å². The van der Waals surface area contributed by atoms with Gasteiger partial charge in [0.1, 0.15) is 5.75 Å². The van der Waals surface area contributed by atoms with Crippen LogP contribution in [-0.4, -0.2) is 25.6 Å². The summed E-state index contributed by atoms with van der Waals surface area (Å²) in [6.45, 7) is 0.648. The molecule has 0 atom stereocenters. The first-order valence-corrected chi connectivity index (χ1v) is 10.3. The molecule has 3 amide bonds. The Morgan fingerprint density at radius 3 is 2.16 bits per heavy atom. The van der Waals surface area contributed by atoms with E-state index in [4.69, 9.17) is 4.74 Å². The third-order valence-corrected chi connectivity index (χ3v) is 5.34. The largest absolute Gasteiger partial charge is 0.495 e. The molecule has 0 aliphatic carbocycles. The van der Waals surface area contributed by atoms with Crippen molar-refractivity contribution in [1.29, 1.82) is 0 Å². The number of carbonyl (C=O) groups excluding carboxylic acids is 2. The average Bonchev–Trinajstić information content (AvgIpc) is 3.24. The Hall–Kier alpha value is -3.80. The number of methoxy groups -OCH3 is 1. The van der Waals surface area contributed by atoms with E-state index in [0.29, 0.717) is 30.1 Å². The lowest BCUT2D eigenvalue weighted by atomic mass is 9.99. The van der Waals surface area contributed by atoms with E-state index >= 15 is 0 Å². The molecule has 0 saturated carbocycles. The Morgan fingerprint density at radius 2 is 1.61 bits per heavy atom. The van der Waals surface area contributed by atoms with E-state index in [1.807, 2.05) is 60.7 Å². The highest BCUT2D eigenvalue weighted by Crippen LogP contribution is 2.34. The Bertz CT molecular complexity index is 1010. The lowest BCUT2D eigenvalue weighted by Crippen LogP contribution is -2.33. The van der Waals surface area contributed by atoms with Gasteiger partial charge in [0, 0.05) is 18.7 Å². The van der Waals surface area contributed by atoms with Gasteiger partial charge in [0.15, 0.2) is 0 Å². The fourth-order valence-electron chi connectivity index (χ4n) is 3.83. The van der Waals surface area contributed by atoms with E-state index in [9.17, 15) is 9.59 Å². The number of benzene rings is 3. The standard InChI is InChI=1S/C25H25N3O3/c1-31-22-15-14-20(17-21(22)28-16-8-13-23(28)29)26-25(30)27-24(18-9-4-2-5-10-18)19-11-6-3-7-12-19/h2-7,9-12,14-15,17,24H,8,13,16H2,1H3,(H2,26,27,30). The Morgan fingerprint density at radius 1 is 0.968 bits per heavy atom. The summed E-state index contributed by atoms with van der Waals surface area (Å²) in [5.41, 5.74) is 3.24. The van der Waals surface area contributed by atoms with Crippen molar-refractivity contribution in [3.63, 3.8) is 0 Å². The predicted octanol–water partition coefficient (Wildman–Crippen LogP) is 4.73. The predicted molar refractivity (Wildman–Crippen MR) is 121 cm³/mol. The number of ether oxygens (including phenoxy) is 1. The van der Waals surface area contributed by atoms with E-state index in [2.05, 4.69) is 10.6 Å². The minimum absolute atomic E-state index is 0.0631. The number of rotatable bonds is 6. The number of hydrogen-bond donors (Lipinski definition) is 2. The second-order valence-electron chi connectivity index (χ2n) is 7.39. The second-order valence-corrected chi connectivity index (χ2v) is 7.39. The zero-order valence-corrected chi connectivity index (χ0v) is 17.4. The van der Waals surface area contributed by atoms with Crippen molar-refractivity contribution >= 4 is 23.3 Å². The quantitative estimate of drug-likeness (QED) is 0.611. The molecular weight excluding hydrogens is 390 g/mol. The number of carbonyl (C=O) groups is 2.